The highest BCUT2D eigenvalue weighted by Gasteiger charge is 2.08. The fraction of sp³-hybridized carbons (Fsp3) is 0.600. The molecule has 0 aromatic heterocycles. The predicted octanol–water partition coefficient (Wildman–Crippen LogP) is 2.93. The molecule has 1 aromatic carbocycles. The van der Waals surface area contributed by atoms with Crippen molar-refractivity contribution in [2.24, 2.45) is 0 Å². The zero-order valence-corrected chi connectivity index (χ0v) is 12.3. The van der Waals surface area contributed by atoms with Crippen LogP contribution in [0.15, 0.2) is 12.1 Å². The molecular weight excluding hydrogens is 245 g/mol. The molecule has 1 aromatic rings. The fourth-order valence-electron chi connectivity index (χ4n) is 2.01. The number of rotatable bonds is 8. The Morgan fingerprint density at radius 2 is 1.63 bits per heavy atom. The molecule has 0 fully saturated rings. The van der Waals surface area contributed by atoms with Crippen LogP contribution < -0.4 is 5.32 Å². The first kappa shape index (κ1) is 16.1. The summed E-state index contributed by atoms with van der Waals surface area (Å²) in [6, 6.07) is 3.73. The number of ether oxygens (including phenoxy) is 2. The van der Waals surface area contributed by atoms with Crippen molar-refractivity contribution in [3.8, 4) is 0 Å². The van der Waals surface area contributed by atoms with Gasteiger partial charge in [0.05, 0.1) is 0 Å². The van der Waals surface area contributed by atoms with Crippen LogP contribution in [0.3, 0.4) is 0 Å². The fourth-order valence-corrected chi connectivity index (χ4v) is 2.01. The van der Waals surface area contributed by atoms with Gasteiger partial charge in [-0.3, -0.25) is 0 Å². The lowest BCUT2D eigenvalue weighted by Crippen LogP contribution is -2.31. The molecule has 0 saturated carbocycles. The molecule has 0 heterocycles. The molecule has 0 saturated heterocycles. The lowest BCUT2D eigenvalue weighted by molar-refractivity contribution is -0.133. The number of halogens is 1. The van der Waals surface area contributed by atoms with Gasteiger partial charge in [-0.2, -0.15) is 0 Å². The second kappa shape index (κ2) is 8.25. The molecule has 108 valence electrons. The van der Waals surface area contributed by atoms with Gasteiger partial charge in [-0.25, -0.2) is 4.39 Å². The van der Waals surface area contributed by atoms with Crippen LogP contribution in [-0.2, 0) is 16.0 Å². The lowest BCUT2D eigenvalue weighted by Gasteiger charge is -2.17. The van der Waals surface area contributed by atoms with Gasteiger partial charge in [-0.15, -0.1) is 0 Å². The van der Waals surface area contributed by atoms with E-state index in [1.807, 2.05) is 26.0 Å². The van der Waals surface area contributed by atoms with Crippen LogP contribution in [0.1, 0.15) is 30.5 Å². The maximum absolute atomic E-state index is 13.5. The summed E-state index contributed by atoms with van der Waals surface area (Å²) < 4.78 is 24.4. The highest BCUT2D eigenvalue weighted by atomic mass is 19.1. The van der Waals surface area contributed by atoms with Crippen LogP contribution in [0, 0.1) is 19.7 Å². The van der Waals surface area contributed by atoms with E-state index in [0.717, 1.165) is 5.56 Å². The first-order valence-corrected chi connectivity index (χ1v) is 6.78. The minimum Gasteiger partial charge on any atom is -0.352 e. The van der Waals surface area contributed by atoms with Crippen LogP contribution in [0.25, 0.3) is 0 Å². The highest BCUT2D eigenvalue weighted by Crippen LogP contribution is 2.14. The van der Waals surface area contributed by atoms with Gasteiger partial charge in [0, 0.05) is 26.3 Å². The van der Waals surface area contributed by atoms with Crippen molar-refractivity contribution in [1.82, 2.24) is 5.32 Å². The number of hydrogen-bond acceptors (Lipinski definition) is 3. The molecule has 0 aliphatic heterocycles. The van der Waals surface area contributed by atoms with Crippen LogP contribution in [0.2, 0.25) is 0 Å². The van der Waals surface area contributed by atoms with Gasteiger partial charge in [0.2, 0.25) is 0 Å². The van der Waals surface area contributed by atoms with Crippen molar-refractivity contribution in [1.29, 1.82) is 0 Å². The molecule has 4 heteroatoms. The molecule has 1 N–H and O–H groups in total. The zero-order valence-electron chi connectivity index (χ0n) is 12.3. The van der Waals surface area contributed by atoms with E-state index in [0.29, 0.717) is 37.4 Å². The van der Waals surface area contributed by atoms with Crippen molar-refractivity contribution < 1.29 is 13.9 Å². The quantitative estimate of drug-likeness (QED) is 0.736. The summed E-state index contributed by atoms with van der Waals surface area (Å²) in [5, 5.41) is 3.27. The first-order valence-electron chi connectivity index (χ1n) is 6.78. The number of benzene rings is 1. The largest absolute Gasteiger partial charge is 0.352 e. The molecule has 1 rings (SSSR count). The Balaban J connectivity index is 2.48. The van der Waals surface area contributed by atoms with Crippen LogP contribution >= 0.6 is 0 Å². The van der Waals surface area contributed by atoms with Crippen LogP contribution in [0.4, 0.5) is 4.39 Å². The number of aryl methyl sites for hydroxylation is 2. The minimum absolute atomic E-state index is 0.120. The second-order valence-corrected chi connectivity index (χ2v) is 4.51. The topological polar surface area (TPSA) is 30.5 Å². The third-order valence-electron chi connectivity index (χ3n) is 2.84. The van der Waals surface area contributed by atoms with Crippen molar-refractivity contribution in [2.45, 2.75) is 40.5 Å². The van der Waals surface area contributed by atoms with Crippen LogP contribution in [0.5, 0.6) is 0 Å². The number of nitrogens with one attached hydrogen (secondary N) is 1. The standard InChI is InChI=1S/C15H24FNO2/c1-5-18-14(19-6-2)10-17-9-13-7-11(3)15(16)12(4)8-13/h7-8,14,17H,5-6,9-10H2,1-4H3. The normalized spacial score (nSPS) is 11.3. The van der Waals surface area contributed by atoms with E-state index in [4.69, 9.17) is 9.47 Å². The maximum Gasteiger partial charge on any atom is 0.169 e. The Labute approximate surface area is 115 Å². The molecule has 3 nitrogen and oxygen atoms in total. The van der Waals surface area contributed by atoms with Gasteiger partial charge >= 0.3 is 0 Å². The lowest BCUT2D eigenvalue weighted by atomic mass is 10.1. The van der Waals surface area contributed by atoms with E-state index >= 15 is 0 Å². The van der Waals surface area contributed by atoms with Crippen molar-refractivity contribution >= 4 is 0 Å². The van der Waals surface area contributed by atoms with E-state index in [1.165, 1.54) is 0 Å². The van der Waals surface area contributed by atoms with Gasteiger partial charge in [0.1, 0.15) is 5.82 Å². The highest BCUT2D eigenvalue weighted by molar-refractivity contribution is 5.30. The van der Waals surface area contributed by atoms with Gasteiger partial charge in [-0.1, -0.05) is 12.1 Å². The van der Waals surface area contributed by atoms with Crippen molar-refractivity contribution in [3.05, 3.63) is 34.6 Å². The smallest absolute Gasteiger partial charge is 0.169 e. The Kier molecular flexibility index (Phi) is 6.99. The Bertz CT molecular complexity index is 367. The van der Waals surface area contributed by atoms with Gasteiger partial charge in [-0.05, 0) is 44.4 Å². The Hall–Kier alpha value is -0.970. The van der Waals surface area contributed by atoms with E-state index < -0.39 is 0 Å². The summed E-state index contributed by atoms with van der Waals surface area (Å²) in [5.41, 5.74) is 2.44. The summed E-state index contributed by atoms with van der Waals surface area (Å²) in [5.74, 6) is -0.120. The molecule has 0 aliphatic carbocycles. The zero-order chi connectivity index (χ0) is 14.3. The Morgan fingerprint density at radius 3 is 2.11 bits per heavy atom. The average molecular weight is 269 g/mol. The molecular formula is C15H24FNO2. The molecule has 19 heavy (non-hydrogen) atoms. The van der Waals surface area contributed by atoms with E-state index in [1.54, 1.807) is 13.8 Å². The molecule has 0 amide bonds. The summed E-state index contributed by atoms with van der Waals surface area (Å²) >= 11 is 0. The second-order valence-electron chi connectivity index (χ2n) is 4.51. The van der Waals surface area contributed by atoms with E-state index in [9.17, 15) is 4.39 Å². The summed E-state index contributed by atoms with van der Waals surface area (Å²) in [6.45, 7) is 10.0. The van der Waals surface area contributed by atoms with Crippen molar-refractivity contribution in [2.75, 3.05) is 19.8 Å². The van der Waals surface area contributed by atoms with Gasteiger partial charge < -0.3 is 14.8 Å². The average Bonchev–Trinajstić information content (AvgIpc) is 2.36. The third-order valence-corrected chi connectivity index (χ3v) is 2.84. The molecule has 0 aliphatic rings. The summed E-state index contributed by atoms with van der Waals surface area (Å²) in [6.07, 6.45) is -0.224. The van der Waals surface area contributed by atoms with E-state index in [2.05, 4.69) is 5.32 Å². The SMILES string of the molecule is CCOC(CNCc1cc(C)c(F)c(C)c1)OCC. The maximum atomic E-state index is 13.5. The summed E-state index contributed by atoms with van der Waals surface area (Å²) in [7, 11) is 0. The summed E-state index contributed by atoms with van der Waals surface area (Å²) in [4.78, 5) is 0. The molecule has 0 spiro atoms. The third kappa shape index (κ3) is 5.27. The number of hydrogen-bond donors (Lipinski definition) is 1. The first-order chi connectivity index (χ1) is 9.08. The molecule has 0 radical (unpaired) electrons. The van der Waals surface area contributed by atoms with Gasteiger partial charge in [0.15, 0.2) is 6.29 Å². The predicted molar refractivity (Wildman–Crippen MR) is 74.6 cm³/mol. The molecule has 0 atom stereocenters. The minimum atomic E-state index is -0.224. The monoisotopic (exact) mass is 269 g/mol. The Morgan fingerprint density at radius 1 is 1.11 bits per heavy atom. The van der Waals surface area contributed by atoms with Gasteiger partial charge in [0.25, 0.3) is 0 Å². The van der Waals surface area contributed by atoms with E-state index in [-0.39, 0.29) is 12.1 Å². The molecule has 0 unspecified atom stereocenters. The van der Waals surface area contributed by atoms with Crippen molar-refractivity contribution in [3.63, 3.8) is 0 Å². The van der Waals surface area contributed by atoms with Crippen LogP contribution in [-0.4, -0.2) is 26.0 Å². The molecule has 0 bridgehead atoms.